The minimum Gasteiger partial charge on any atom is -0.347 e. The molecule has 4 heteroatoms. The Labute approximate surface area is 121 Å². The van der Waals surface area contributed by atoms with Crippen LogP contribution in [-0.2, 0) is 11.2 Å². The van der Waals surface area contributed by atoms with Crippen molar-refractivity contribution in [2.24, 2.45) is 0 Å². The molecule has 0 saturated carbocycles. The molecule has 21 heavy (non-hydrogen) atoms. The van der Waals surface area contributed by atoms with Crippen molar-refractivity contribution in [2.45, 2.75) is 6.42 Å². The first-order chi connectivity index (χ1) is 10.2. The van der Waals surface area contributed by atoms with Crippen LogP contribution in [-0.4, -0.2) is 12.5 Å². The van der Waals surface area contributed by atoms with Crippen molar-refractivity contribution in [2.75, 3.05) is 16.8 Å². The molecule has 1 amide bonds. The van der Waals surface area contributed by atoms with E-state index in [2.05, 4.69) is 16.3 Å². The predicted molar refractivity (Wildman–Crippen MR) is 80.5 cm³/mol. The minimum absolute atomic E-state index is 0.181. The maximum absolute atomic E-state index is 13.4. The van der Waals surface area contributed by atoms with Crippen LogP contribution in [0.25, 0.3) is 5.57 Å². The molecular weight excluding hydrogens is 267 g/mol. The quantitative estimate of drug-likeness (QED) is 0.814. The van der Waals surface area contributed by atoms with Gasteiger partial charge in [-0.25, -0.2) is 4.39 Å². The normalized spacial score (nSPS) is 17.9. The molecule has 0 saturated heterocycles. The van der Waals surface area contributed by atoms with Gasteiger partial charge in [0.15, 0.2) is 0 Å². The standard InChI is InChI=1S/C17H13FN2O/c18-12-5-6-15-13(9-12)14(17(21)19-15)10-20-8-7-11-3-1-2-4-16(11)20/h1-6,9-10H,7-8H2,(H,19,21)/b14-10+. The second kappa shape index (κ2) is 4.45. The summed E-state index contributed by atoms with van der Waals surface area (Å²) in [6.45, 7) is 0.834. The Morgan fingerprint density at radius 3 is 2.95 bits per heavy atom. The number of anilines is 2. The number of carbonyl (C=O) groups is 1. The second-order valence-corrected chi connectivity index (χ2v) is 5.26. The molecule has 2 aliphatic rings. The van der Waals surface area contributed by atoms with Gasteiger partial charge in [-0.1, -0.05) is 18.2 Å². The first-order valence-corrected chi connectivity index (χ1v) is 6.90. The fraction of sp³-hybridized carbons (Fsp3) is 0.118. The fourth-order valence-corrected chi connectivity index (χ4v) is 2.94. The van der Waals surface area contributed by atoms with Crippen molar-refractivity contribution in [3.8, 4) is 0 Å². The van der Waals surface area contributed by atoms with E-state index in [4.69, 9.17) is 0 Å². The van der Waals surface area contributed by atoms with Gasteiger partial charge in [0.05, 0.1) is 5.57 Å². The molecule has 0 bridgehead atoms. The number of carbonyl (C=O) groups excluding carboxylic acids is 1. The molecule has 104 valence electrons. The van der Waals surface area contributed by atoms with Crippen LogP contribution in [0.1, 0.15) is 11.1 Å². The van der Waals surface area contributed by atoms with Gasteiger partial charge in [-0.2, -0.15) is 0 Å². The van der Waals surface area contributed by atoms with E-state index in [0.29, 0.717) is 16.8 Å². The summed E-state index contributed by atoms with van der Waals surface area (Å²) >= 11 is 0. The van der Waals surface area contributed by atoms with Crippen LogP contribution in [0.2, 0.25) is 0 Å². The largest absolute Gasteiger partial charge is 0.347 e. The highest BCUT2D eigenvalue weighted by Crippen LogP contribution is 2.35. The molecule has 0 spiro atoms. The van der Waals surface area contributed by atoms with E-state index in [9.17, 15) is 9.18 Å². The molecular formula is C17H13FN2O. The molecule has 0 aliphatic carbocycles. The monoisotopic (exact) mass is 280 g/mol. The van der Waals surface area contributed by atoms with E-state index in [0.717, 1.165) is 18.7 Å². The highest BCUT2D eigenvalue weighted by molar-refractivity contribution is 6.31. The molecule has 0 radical (unpaired) electrons. The summed E-state index contributed by atoms with van der Waals surface area (Å²) in [4.78, 5) is 14.2. The van der Waals surface area contributed by atoms with Gasteiger partial charge in [-0.15, -0.1) is 0 Å². The SMILES string of the molecule is O=C1Nc2ccc(F)cc2/C1=C\N1CCc2ccccc21. The number of nitrogens with one attached hydrogen (secondary N) is 1. The third-order valence-corrected chi connectivity index (χ3v) is 3.97. The number of halogens is 1. The topological polar surface area (TPSA) is 32.3 Å². The Balaban J connectivity index is 1.78. The Kier molecular flexibility index (Phi) is 2.57. The highest BCUT2D eigenvalue weighted by atomic mass is 19.1. The first-order valence-electron chi connectivity index (χ1n) is 6.90. The van der Waals surface area contributed by atoms with Crippen LogP contribution >= 0.6 is 0 Å². The Morgan fingerprint density at radius 2 is 2.05 bits per heavy atom. The predicted octanol–water partition coefficient (Wildman–Crippen LogP) is 3.18. The first kappa shape index (κ1) is 12.1. The summed E-state index contributed by atoms with van der Waals surface area (Å²) in [5.74, 6) is -0.516. The van der Waals surface area contributed by atoms with Gasteiger partial charge in [0.2, 0.25) is 0 Å². The van der Waals surface area contributed by atoms with Crippen molar-refractivity contribution in [1.29, 1.82) is 0 Å². The van der Waals surface area contributed by atoms with Gasteiger partial charge in [0, 0.05) is 29.7 Å². The number of nitrogens with zero attached hydrogens (tertiary/aromatic N) is 1. The summed E-state index contributed by atoms with van der Waals surface area (Å²) in [6.07, 6.45) is 2.78. The van der Waals surface area contributed by atoms with E-state index in [-0.39, 0.29) is 11.7 Å². The third-order valence-electron chi connectivity index (χ3n) is 3.97. The molecule has 0 unspecified atom stereocenters. The van der Waals surface area contributed by atoms with E-state index in [1.807, 2.05) is 24.4 Å². The zero-order valence-electron chi connectivity index (χ0n) is 11.3. The van der Waals surface area contributed by atoms with Crippen molar-refractivity contribution in [1.82, 2.24) is 0 Å². The average Bonchev–Trinajstić information content (AvgIpc) is 3.02. The number of hydrogen-bond donors (Lipinski definition) is 1. The number of hydrogen-bond acceptors (Lipinski definition) is 2. The zero-order valence-corrected chi connectivity index (χ0v) is 11.3. The number of amides is 1. The van der Waals surface area contributed by atoms with Crippen molar-refractivity contribution < 1.29 is 9.18 Å². The van der Waals surface area contributed by atoms with Crippen molar-refractivity contribution in [3.63, 3.8) is 0 Å². The van der Waals surface area contributed by atoms with Gasteiger partial charge in [-0.3, -0.25) is 4.79 Å². The molecule has 0 atom stereocenters. The Morgan fingerprint density at radius 1 is 1.19 bits per heavy atom. The van der Waals surface area contributed by atoms with E-state index in [1.165, 1.54) is 17.7 Å². The molecule has 2 aromatic carbocycles. The van der Waals surface area contributed by atoms with Gasteiger partial charge >= 0.3 is 0 Å². The second-order valence-electron chi connectivity index (χ2n) is 5.26. The van der Waals surface area contributed by atoms with Crippen molar-refractivity contribution in [3.05, 3.63) is 65.6 Å². The number of rotatable bonds is 1. The average molecular weight is 280 g/mol. The van der Waals surface area contributed by atoms with E-state index in [1.54, 1.807) is 6.07 Å². The number of para-hydroxylation sites is 1. The molecule has 0 aromatic heterocycles. The molecule has 2 aliphatic heterocycles. The molecule has 0 fully saturated rings. The lowest BCUT2D eigenvalue weighted by Crippen LogP contribution is -2.15. The van der Waals surface area contributed by atoms with Gasteiger partial charge in [0.1, 0.15) is 5.82 Å². The number of benzene rings is 2. The van der Waals surface area contributed by atoms with E-state index >= 15 is 0 Å². The zero-order chi connectivity index (χ0) is 14.4. The van der Waals surface area contributed by atoms with Gasteiger partial charge in [0.25, 0.3) is 5.91 Å². The van der Waals surface area contributed by atoms with Crippen LogP contribution < -0.4 is 10.2 Å². The Hall–Kier alpha value is -2.62. The molecule has 2 heterocycles. The van der Waals surface area contributed by atoms with E-state index < -0.39 is 0 Å². The molecule has 4 rings (SSSR count). The molecule has 1 N–H and O–H groups in total. The Bertz CT molecular complexity index is 782. The molecule has 2 aromatic rings. The lowest BCUT2D eigenvalue weighted by atomic mass is 10.1. The smallest absolute Gasteiger partial charge is 0.257 e. The summed E-state index contributed by atoms with van der Waals surface area (Å²) in [6, 6.07) is 12.5. The maximum Gasteiger partial charge on any atom is 0.257 e. The highest BCUT2D eigenvalue weighted by Gasteiger charge is 2.27. The van der Waals surface area contributed by atoms with Crippen LogP contribution in [0.3, 0.4) is 0 Å². The third kappa shape index (κ3) is 1.91. The van der Waals surface area contributed by atoms with Crippen LogP contribution in [0.15, 0.2) is 48.7 Å². The maximum atomic E-state index is 13.4. The lowest BCUT2D eigenvalue weighted by molar-refractivity contribution is -0.110. The van der Waals surface area contributed by atoms with Gasteiger partial charge in [-0.05, 0) is 36.2 Å². The summed E-state index contributed by atoms with van der Waals surface area (Å²) in [7, 11) is 0. The molecule has 3 nitrogen and oxygen atoms in total. The van der Waals surface area contributed by atoms with Crippen molar-refractivity contribution >= 4 is 22.9 Å². The summed E-state index contributed by atoms with van der Waals surface area (Å²) < 4.78 is 13.4. The lowest BCUT2D eigenvalue weighted by Gasteiger charge is -2.14. The van der Waals surface area contributed by atoms with Gasteiger partial charge < -0.3 is 10.2 Å². The van der Waals surface area contributed by atoms with Crippen LogP contribution in [0.5, 0.6) is 0 Å². The summed E-state index contributed by atoms with van der Waals surface area (Å²) in [5.41, 5.74) is 4.19. The van der Waals surface area contributed by atoms with Crippen LogP contribution in [0, 0.1) is 5.82 Å². The number of fused-ring (bicyclic) bond motifs is 2. The summed E-state index contributed by atoms with van der Waals surface area (Å²) in [5, 5.41) is 2.77. The minimum atomic E-state index is -0.335. The van der Waals surface area contributed by atoms with Crippen LogP contribution in [0.4, 0.5) is 15.8 Å². The fourth-order valence-electron chi connectivity index (χ4n) is 2.94.